The Morgan fingerprint density at radius 3 is 2.65 bits per heavy atom. The average molecular weight is 283 g/mol. The van der Waals surface area contributed by atoms with Gasteiger partial charge in [0.2, 0.25) is 0 Å². The predicted octanol–water partition coefficient (Wildman–Crippen LogP) is 1.13. The van der Waals surface area contributed by atoms with Gasteiger partial charge in [-0.05, 0) is 13.8 Å². The minimum absolute atomic E-state index is 0.464. The van der Waals surface area contributed by atoms with Gasteiger partial charge in [0.25, 0.3) is 0 Å². The van der Waals surface area contributed by atoms with E-state index in [4.69, 9.17) is 4.74 Å². The fraction of sp³-hybridized carbons (Fsp3) is 0.857. The molecule has 0 saturated heterocycles. The Morgan fingerprint density at radius 2 is 2.05 bits per heavy atom. The Labute approximate surface area is 122 Å². The van der Waals surface area contributed by atoms with Crippen LogP contribution in [0.1, 0.15) is 33.4 Å². The van der Waals surface area contributed by atoms with E-state index in [1.165, 1.54) is 0 Å². The zero-order valence-corrected chi connectivity index (χ0v) is 13.5. The summed E-state index contributed by atoms with van der Waals surface area (Å²) in [6, 6.07) is 0.973. The second kappa shape index (κ2) is 9.05. The number of nitrogens with one attached hydrogen (secondary N) is 1. The highest BCUT2D eigenvalue weighted by atomic mass is 16.5. The molecule has 0 bridgehead atoms. The highest BCUT2D eigenvalue weighted by molar-refractivity contribution is 4.91. The third kappa shape index (κ3) is 6.45. The van der Waals surface area contributed by atoms with Crippen LogP contribution in [0, 0.1) is 0 Å². The summed E-state index contributed by atoms with van der Waals surface area (Å²) in [5, 5.41) is 11.7. The SMILES string of the molecule is COCCN(CCn1cc(CNC(C)C)nn1)C(C)C. The van der Waals surface area contributed by atoms with Crippen molar-refractivity contribution in [1.82, 2.24) is 25.2 Å². The summed E-state index contributed by atoms with van der Waals surface area (Å²) in [6.45, 7) is 13.0. The molecule has 0 radical (unpaired) electrons. The summed E-state index contributed by atoms with van der Waals surface area (Å²) in [5.74, 6) is 0. The topological polar surface area (TPSA) is 55.2 Å². The van der Waals surface area contributed by atoms with Gasteiger partial charge in [0, 0.05) is 45.0 Å². The minimum atomic E-state index is 0.464. The van der Waals surface area contributed by atoms with Gasteiger partial charge in [-0.2, -0.15) is 0 Å². The molecule has 1 aromatic rings. The molecule has 0 aliphatic rings. The maximum atomic E-state index is 5.15. The largest absolute Gasteiger partial charge is 0.383 e. The molecule has 1 N–H and O–H groups in total. The molecular weight excluding hydrogens is 254 g/mol. The predicted molar refractivity (Wildman–Crippen MR) is 80.6 cm³/mol. The van der Waals surface area contributed by atoms with Crippen molar-refractivity contribution in [3.63, 3.8) is 0 Å². The summed E-state index contributed by atoms with van der Waals surface area (Å²) < 4.78 is 7.06. The number of ether oxygens (including phenoxy) is 1. The van der Waals surface area contributed by atoms with Gasteiger partial charge in [-0.1, -0.05) is 19.1 Å². The van der Waals surface area contributed by atoms with Gasteiger partial charge in [0.05, 0.1) is 18.8 Å². The molecule has 1 aromatic heterocycles. The lowest BCUT2D eigenvalue weighted by Crippen LogP contribution is -2.36. The zero-order valence-electron chi connectivity index (χ0n) is 13.5. The molecular formula is C14H29N5O. The molecule has 0 fully saturated rings. The first kappa shape index (κ1) is 17.1. The van der Waals surface area contributed by atoms with E-state index >= 15 is 0 Å². The van der Waals surface area contributed by atoms with Crippen molar-refractivity contribution in [2.45, 2.75) is 52.9 Å². The first-order valence-corrected chi connectivity index (χ1v) is 7.38. The van der Waals surface area contributed by atoms with E-state index in [1.54, 1.807) is 7.11 Å². The van der Waals surface area contributed by atoms with Gasteiger partial charge in [-0.3, -0.25) is 9.58 Å². The minimum Gasteiger partial charge on any atom is -0.383 e. The number of aromatic nitrogens is 3. The second-order valence-corrected chi connectivity index (χ2v) is 5.63. The molecule has 0 spiro atoms. The van der Waals surface area contributed by atoms with Crippen LogP contribution in [-0.2, 0) is 17.8 Å². The number of methoxy groups -OCH3 is 1. The van der Waals surface area contributed by atoms with Crippen LogP contribution < -0.4 is 5.32 Å². The standard InChI is InChI=1S/C14H29N5O/c1-12(2)15-10-14-11-19(17-16-14)7-6-18(13(3)4)8-9-20-5/h11-13,15H,6-10H2,1-5H3. The molecule has 0 saturated carbocycles. The Kier molecular flexibility index (Phi) is 7.72. The van der Waals surface area contributed by atoms with Crippen LogP contribution >= 0.6 is 0 Å². The Bertz CT molecular complexity index is 364. The molecule has 1 rings (SSSR count). The van der Waals surface area contributed by atoms with E-state index < -0.39 is 0 Å². The van der Waals surface area contributed by atoms with Gasteiger partial charge >= 0.3 is 0 Å². The molecule has 6 heteroatoms. The van der Waals surface area contributed by atoms with Crippen LogP contribution in [0.5, 0.6) is 0 Å². The fourth-order valence-corrected chi connectivity index (χ4v) is 1.91. The average Bonchev–Trinajstić information content (AvgIpc) is 2.84. The number of hydrogen-bond donors (Lipinski definition) is 1. The van der Waals surface area contributed by atoms with Gasteiger partial charge in [0.1, 0.15) is 0 Å². The van der Waals surface area contributed by atoms with Gasteiger partial charge in [-0.25, -0.2) is 0 Å². The fourth-order valence-electron chi connectivity index (χ4n) is 1.91. The molecule has 0 amide bonds. The zero-order chi connectivity index (χ0) is 15.0. The van der Waals surface area contributed by atoms with E-state index in [0.717, 1.165) is 38.5 Å². The summed E-state index contributed by atoms with van der Waals surface area (Å²) in [6.07, 6.45) is 2.02. The van der Waals surface area contributed by atoms with Gasteiger partial charge < -0.3 is 10.1 Å². The molecule has 0 aromatic carbocycles. The first-order chi connectivity index (χ1) is 9.52. The Balaban J connectivity index is 2.39. The van der Waals surface area contributed by atoms with Gasteiger partial charge in [0.15, 0.2) is 0 Å². The second-order valence-electron chi connectivity index (χ2n) is 5.63. The molecule has 0 aliphatic carbocycles. The number of hydrogen-bond acceptors (Lipinski definition) is 5. The highest BCUT2D eigenvalue weighted by Gasteiger charge is 2.09. The van der Waals surface area contributed by atoms with Crippen molar-refractivity contribution in [2.24, 2.45) is 0 Å². The van der Waals surface area contributed by atoms with Crippen LogP contribution in [0.2, 0.25) is 0 Å². The van der Waals surface area contributed by atoms with Crippen molar-refractivity contribution in [3.05, 3.63) is 11.9 Å². The van der Waals surface area contributed by atoms with E-state index in [9.17, 15) is 0 Å². The number of rotatable bonds is 10. The third-order valence-corrected chi connectivity index (χ3v) is 3.21. The van der Waals surface area contributed by atoms with Crippen LogP contribution in [0.25, 0.3) is 0 Å². The van der Waals surface area contributed by atoms with E-state index in [-0.39, 0.29) is 0 Å². The highest BCUT2D eigenvalue weighted by Crippen LogP contribution is 2.00. The van der Waals surface area contributed by atoms with Crippen molar-refractivity contribution in [1.29, 1.82) is 0 Å². The molecule has 116 valence electrons. The van der Waals surface area contributed by atoms with Crippen LogP contribution in [0.4, 0.5) is 0 Å². The van der Waals surface area contributed by atoms with Crippen LogP contribution in [0.15, 0.2) is 6.20 Å². The van der Waals surface area contributed by atoms with E-state index in [2.05, 4.69) is 48.2 Å². The van der Waals surface area contributed by atoms with E-state index in [0.29, 0.717) is 12.1 Å². The quantitative estimate of drug-likeness (QED) is 0.698. The normalized spacial score (nSPS) is 12.0. The van der Waals surface area contributed by atoms with Crippen molar-refractivity contribution < 1.29 is 4.74 Å². The molecule has 0 aliphatic heterocycles. The maximum Gasteiger partial charge on any atom is 0.0964 e. The molecule has 0 unspecified atom stereocenters. The van der Waals surface area contributed by atoms with Gasteiger partial charge in [-0.15, -0.1) is 5.10 Å². The van der Waals surface area contributed by atoms with E-state index in [1.807, 2.05) is 10.9 Å². The first-order valence-electron chi connectivity index (χ1n) is 7.38. The van der Waals surface area contributed by atoms with Crippen molar-refractivity contribution >= 4 is 0 Å². The molecule has 6 nitrogen and oxygen atoms in total. The Hall–Kier alpha value is -0.980. The lowest BCUT2D eigenvalue weighted by Gasteiger charge is -2.25. The maximum absolute atomic E-state index is 5.15. The molecule has 0 atom stereocenters. The van der Waals surface area contributed by atoms with Crippen LogP contribution in [0.3, 0.4) is 0 Å². The Morgan fingerprint density at radius 1 is 1.30 bits per heavy atom. The molecule has 20 heavy (non-hydrogen) atoms. The summed E-state index contributed by atoms with van der Waals surface area (Å²) in [5.41, 5.74) is 0.992. The molecule has 1 heterocycles. The lowest BCUT2D eigenvalue weighted by molar-refractivity contribution is 0.125. The summed E-state index contributed by atoms with van der Waals surface area (Å²) in [7, 11) is 1.74. The van der Waals surface area contributed by atoms with Crippen LogP contribution in [-0.4, -0.2) is 58.8 Å². The summed E-state index contributed by atoms with van der Waals surface area (Å²) in [4.78, 5) is 2.39. The number of nitrogens with zero attached hydrogens (tertiary/aromatic N) is 4. The smallest absolute Gasteiger partial charge is 0.0964 e. The monoisotopic (exact) mass is 283 g/mol. The third-order valence-electron chi connectivity index (χ3n) is 3.21. The van der Waals surface area contributed by atoms with Crippen molar-refractivity contribution in [3.8, 4) is 0 Å². The summed E-state index contributed by atoms with van der Waals surface area (Å²) >= 11 is 0. The van der Waals surface area contributed by atoms with Crippen molar-refractivity contribution in [2.75, 3.05) is 26.8 Å². The lowest BCUT2D eigenvalue weighted by atomic mass is 10.3.